The molecule has 0 radical (unpaired) electrons. The average molecular weight is 332 g/mol. The number of carbonyl (C=O) groups excluding carboxylic acids is 1. The van der Waals surface area contributed by atoms with Crippen LogP contribution < -0.4 is 11.1 Å². The van der Waals surface area contributed by atoms with E-state index >= 15 is 0 Å². The molecule has 4 N–H and O–H groups in total. The number of nitrogen functional groups attached to an aromatic ring is 1. The molecule has 5 heteroatoms. The maximum atomic E-state index is 12.3. The number of aryl methyl sites for hydroxylation is 1. The SMILES string of the molecule is Nc1cccc(-c2ccc(CC(=O)Nc3n[nH]c4c3CCC4)cc2)c1. The third kappa shape index (κ3) is 3.26. The number of anilines is 2. The molecule has 0 bridgehead atoms. The van der Waals surface area contributed by atoms with E-state index in [1.807, 2.05) is 48.5 Å². The lowest BCUT2D eigenvalue weighted by Gasteiger charge is -2.06. The summed E-state index contributed by atoms with van der Waals surface area (Å²) in [6.07, 6.45) is 3.46. The van der Waals surface area contributed by atoms with E-state index in [4.69, 9.17) is 5.73 Å². The van der Waals surface area contributed by atoms with E-state index in [2.05, 4.69) is 15.5 Å². The van der Waals surface area contributed by atoms with E-state index in [-0.39, 0.29) is 5.91 Å². The summed E-state index contributed by atoms with van der Waals surface area (Å²) in [5, 5.41) is 10.2. The van der Waals surface area contributed by atoms with Crippen molar-refractivity contribution in [2.45, 2.75) is 25.7 Å². The summed E-state index contributed by atoms with van der Waals surface area (Å²) in [6, 6.07) is 15.8. The van der Waals surface area contributed by atoms with Crippen molar-refractivity contribution in [2.24, 2.45) is 0 Å². The number of rotatable bonds is 4. The fraction of sp³-hybridized carbons (Fsp3) is 0.200. The Morgan fingerprint density at radius 2 is 1.96 bits per heavy atom. The zero-order valence-electron chi connectivity index (χ0n) is 13.9. The van der Waals surface area contributed by atoms with Gasteiger partial charge in [-0.15, -0.1) is 0 Å². The number of amides is 1. The lowest BCUT2D eigenvalue weighted by molar-refractivity contribution is -0.115. The Bertz CT molecular complexity index is 912. The second-order valence-corrected chi connectivity index (χ2v) is 6.43. The van der Waals surface area contributed by atoms with Gasteiger partial charge in [-0.1, -0.05) is 36.4 Å². The van der Waals surface area contributed by atoms with Crippen LogP contribution in [-0.4, -0.2) is 16.1 Å². The first-order chi connectivity index (χ1) is 12.2. The fourth-order valence-corrected chi connectivity index (χ4v) is 3.32. The Labute approximate surface area is 146 Å². The number of H-pyrrole nitrogens is 1. The molecule has 1 aliphatic carbocycles. The van der Waals surface area contributed by atoms with Crippen LogP contribution in [0, 0.1) is 0 Å². The number of nitrogens with one attached hydrogen (secondary N) is 2. The van der Waals surface area contributed by atoms with Crippen LogP contribution in [0.4, 0.5) is 11.5 Å². The maximum Gasteiger partial charge on any atom is 0.230 e. The van der Waals surface area contributed by atoms with Crippen molar-refractivity contribution in [3.8, 4) is 11.1 Å². The minimum atomic E-state index is -0.0436. The molecule has 0 saturated heterocycles. The summed E-state index contributed by atoms with van der Waals surface area (Å²) in [5.74, 6) is 0.645. The third-order valence-corrected chi connectivity index (χ3v) is 4.60. The number of aromatic amines is 1. The first-order valence-electron chi connectivity index (χ1n) is 8.50. The second-order valence-electron chi connectivity index (χ2n) is 6.43. The van der Waals surface area contributed by atoms with Crippen molar-refractivity contribution in [3.63, 3.8) is 0 Å². The predicted octanol–water partition coefficient (Wildman–Crippen LogP) is 3.33. The third-order valence-electron chi connectivity index (χ3n) is 4.60. The van der Waals surface area contributed by atoms with Crippen LogP contribution in [-0.2, 0) is 24.1 Å². The summed E-state index contributed by atoms with van der Waals surface area (Å²) >= 11 is 0. The van der Waals surface area contributed by atoms with Gasteiger partial charge in [0, 0.05) is 16.9 Å². The normalized spacial score (nSPS) is 12.8. The van der Waals surface area contributed by atoms with E-state index in [1.54, 1.807) is 0 Å². The number of nitrogens with zero attached hydrogens (tertiary/aromatic N) is 1. The van der Waals surface area contributed by atoms with Gasteiger partial charge in [0.05, 0.1) is 6.42 Å². The molecule has 1 aliphatic rings. The van der Waals surface area contributed by atoms with Gasteiger partial charge in [0.15, 0.2) is 5.82 Å². The van der Waals surface area contributed by atoms with Crippen LogP contribution in [0.25, 0.3) is 11.1 Å². The number of carbonyl (C=O) groups is 1. The number of aromatic nitrogens is 2. The Balaban J connectivity index is 1.43. The van der Waals surface area contributed by atoms with E-state index in [1.165, 1.54) is 0 Å². The smallest absolute Gasteiger partial charge is 0.230 e. The van der Waals surface area contributed by atoms with Gasteiger partial charge in [0.1, 0.15) is 0 Å². The van der Waals surface area contributed by atoms with Gasteiger partial charge in [-0.25, -0.2) is 0 Å². The molecule has 5 nitrogen and oxygen atoms in total. The summed E-state index contributed by atoms with van der Waals surface area (Å²) in [6.45, 7) is 0. The minimum Gasteiger partial charge on any atom is -0.399 e. The molecule has 4 rings (SSSR count). The summed E-state index contributed by atoms with van der Waals surface area (Å²) in [5.41, 5.74) is 12.0. The molecule has 0 saturated carbocycles. The molecule has 0 aliphatic heterocycles. The molecule has 25 heavy (non-hydrogen) atoms. The van der Waals surface area contributed by atoms with Gasteiger partial charge >= 0.3 is 0 Å². The van der Waals surface area contributed by atoms with Crippen LogP contribution in [0.5, 0.6) is 0 Å². The van der Waals surface area contributed by atoms with Crippen molar-refractivity contribution < 1.29 is 4.79 Å². The molecule has 1 amide bonds. The Morgan fingerprint density at radius 3 is 2.76 bits per heavy atom. The van der Waals surface area contributed by atoms with E-state index < -0.39 is 0 Å². The number of benzene rings is 2. The van der Waals surface area contributed by atoms with Gasteiger partial charge in [0.2, 0.25) is 5.91 Å². The summed E-state index contributed by atoms with van der Waals surface area (Å²) in [7, 11) is 0. The lowest BCUT2D eigenvalue weighted by atomic mass is 10.0. The largest absolute Gasteiger partial charge is 0.399 e. The lowest BCUT2D eigenvalue weighted by Crippen LogP contribution is -2.15. The Kier molecular flexibility index (Phi) is 3.98. The number of hydrogen-bond acceptors (Lipinski definition) is 3. The second kappa shape index (κ2) is 6.43. The highest BCUT2D eigenvalue weighted by Gasteiger charge is 2.19. The van der Waals surface area contributed by atoms with Crippen LogP contribution >= 0.6 is 0 Å². The highest BCUT2D eigenvalue weighted by atomic mass is 16.1. The zero-order valence-corrected chi connectivity index (χ0v) is 13.9. The number of nitrogens with two attached hydrogens (primary N) is 1. The van der Waals surface area contributed by atoms with Crippen LogP contribution in [0.1, 0.15) is 23.2 Å². The van der Waals surface area contributed by atoms with Gasteiger partial charge in [-0.05, 0) is 48.1 Å². The number of fused-ring (bicyclic) bond motifs is 1. The van der Waals surface area contributed by atoms with Crippen molar-refractivity contribution in [1.82, 2.24) is 10.2 Å². The maximum absolute atomic E-state index is 12.3. The van der Waals surface area contributed by atoms with E-state index in [0.29, 0.717) is 12.2 Å². The first-order valence-corrected chi connectivity index (χ1v) is 8.50. The van der Waals surface area contributed by atoms with Crippen LogP contribution in [0.3, 0.4) is 0 Å². The van der Waals surface area contributed by atoms with Crippen LogP contribution in [0.15, 0.2) is 48.5 Å². The minimum absolute atomic E-state index is 0.0436. The fourth-order valence-electron chi connectivity index (χ4n) is 3.32. The predicted molar refractivity (Wildman–Crippen MR) is 99.2 cm³/mol. The topological polar surface area (TPSA) is 83.8 Å². The van der Waals surface area contributed by atoms with E-state index in [0.717, 1.165) is 52.9 Å². The molecule has 0 atom stereocenters. The molecule has 1 heterocycles. The highest BCUT2D eigenvalue weighted by molar-refractivity contribution is 5.92. The van der Waals surface area contributed by atoms with Gasteiger partial charge in [-0.2, -0.15) is 5.10 Å². The zero-order chi connectivity index (χ0) is 17.2. The first kappa shape index (κ1) is 15.4. The van der Waals surface area contributed by atoms with Crippen molar-refractivity contribution in [3.05, 3.63) is 65.4 Å². The Morgan fingerprint density at radius 1 is 1.12 bits per heavy atom. The van der Waals surface area contributed by atoms with Crippen molar-refractivity contribution in [2.75, 3.05) is 11.1 Å². The molecule has 0 fully saturated rings. The standard InChI is InChI=1S/C20H20N4O/c21-16-4-1-3-15(12-16)14-9-7-13(8-10-14)11-19(25)22-20-17-5-2-6-18(17)23-24-20/h1,3-4,7-10,12H,2,5-6,11,21H2,(H2,22,23,24,25). The molecule has 0 unspecified atom stereocenters. The summed E-state index contributed by atoms with van der Waals surface area (Å²) < 4.78 is 0. The molecular formula is C20H20N4O. The van der Waals surface area contributed by atoms with Gasteiger partial charge < -0.3 is 11.1 Å². The quantitative estimate of drug-likeness (QED) is 0.641. The molecule has 3 aromatic rings. The number of hydrogen-bond donors (Lipinski definition) is 3. The molecule has 1 aromatic heterocycles. The monoisotopic (exact) mass is 332 g/mol. The molecular weight excluding hydrogens is 312 g/mol. The van der Waals surface area contributed by atoms with Gasteiger partial charge in [-0.3, -0.25) is 9.89 Å². The summed E-state index contributed by atoms with van der Waals surface area (Å²) in [4.78, 5) is 12.3. The molecule has 2 aromatic carbocycles. The van der Waals surface area contributed by atoms with Crippen molar-refractivity contribution in [1.29, 1.82) is 0 Å². The molecule has 0 spiro atoms. The van der Waals surface area contributed by atoms with Crippen LogP contribution in [0.2, 0.25) is 0 Å². The highest BCUT2D eigenvalue weighted by Crippen LogP contribution is 2.26. The van der Waals surface area contributed by atoms with Crippen molar-refractivity contribution >= 4 is 17.4 Å². The Hall–Kier alpha value is -3.08. The average Bonchev–Trinajstić information content (AvgIpc) is 3.21. The van der Waals surface area contributed by atoms with E-state index in [9.17, 15) is 4.79 Å². The van der Waals surface area contributed by atoms with Gasteiger partial charge in [0.25, 0.3) is 0 Å². The molecule has 126 valence electrons.